The van der Waals surface area contributed by atoms with E-state index in [4.69, 9.17) is 0 Å². The molecule has 0 aliphatic rings. The van der Waals surface area contributed by atoms with Crippen molar-refractivity contribution in [2.45, 2.75) is 12.8 Å². The molecule has 0 saturated heterocycles. The maximum Gasteiger partial charge on any atom is 0.138 e. The van der Waals surface area contributed by atoms with Crippen LogP contribution in [0.1, 0.15) is 12.0 Å². The van der Waals surface area contributed by atoms with Gasteiger partial charge in [0.2, 0.25) is 0 Å². The van der Waals surface area contributed by atoms with Gasteiger partial charge >= 0.3 is 0 Å². The molecule has 0 amide bonds. The van der Waals surface area contributed by atoms with E-state index in [1.807, 2.05) is 19.2 Å². The molecule has 0 bridgehead atoms. The molecule has 4 heteroatoms. The molecule has 78 valence electrons. The first-order valence-electron chi connectivity index (χ1n) is 4.38. The number of halogens is 1. The maximum absolute atomic E-state index is 11.3. The van der Waals surface area contributed by atoms with Gasteiger partial charge in [0.1, 0.15) is 5.78 Å². The monoisotopic (exact) mass is 214 g/mol. The average Bonchev–Trinajstić information content (AvgIpc) is 2.16. The van der Waals surface area contributed by atoms with E-state index in [2.05, 4.69) is 10.3 Å². The van der Waals surface area contributed by atoms with Crippen LogP contribution in [0.3, 0.4) is 0 Å². The van der Waals surface area contributed by atoms with E-state index < -0.39 is 0 Å². The Balaban J connectivity index is 0.00000169. The molecule has 0 saturated carbocycles. The lowest BCUT2D eigenvalue weighted by atomic mass is 10.1. The highest BCUT2D eigenvalue weighted by atomic mass is 35.5. The van der Waals surface area contributed by atoms with Crippen LogP contribution in [0.4, 0.5) is 0 Å². The van der Waals surface area contributed by atoms with E-state index in [1.54, 1.807) is 12.4 Å². The summed E-state index contributed by atoms with van der Waals surface area (Å²) in [5, 5.41) is 2.95. The number of ketones is 1. The number of rotatable bonds is 5. The van der Waals surface area contributed by atoms with Gasteiger partial charge in [0, 0.05) is 31.8 Å². The number of carbonyl (C=O) groups excluding carboxylic acids is 1. The molecule has 0 aliphatic heterocycles. The Kier molecular flexibility index (Phi) is 6.98. The molecule has 3 nitrogen and oxygen atoms in total. The second-order valence-electron chi connectivity index (χ2n) is 2.93. The van der Waals surface area contributed by atoms with Gasteiger partial charge in [0.15, 0.2) is 0 Å². The molecular formula is C10H15ClN2O. The summed E-state index contributed by atoms with van der Waals surface area (Å²) in [5.74, 6) is 0.252. The van der Waals surface area contributed by atoms with E-state index in [-0.39, 0.29) is 18.2 Å². The number of pyridine rings is 1. The van der Waals surface area contributed by atoms with Crippen LogP contribution in [0.2, 0.25) is 0 Å². The Morgan fingerprint density at radius 2 is 2.36 bits per heavy atom. The predicted molar refractivity (Wildman–Crippen MR) is 58.7 cm³/mol. The van der Waals surface area contributed by atoms with Crippen LogP contribution in [0.5, 0.6) is 0 Å². The van der Waals surface area contributed by atoms with Crippen molar-refractivity contribution < 1.29 is 4.79 Å². The third kappa shape index (κ3) is 4.94. The average molecular weight is 215 g/mol. The molecule has 1 N–H and O–H groups in total. The molecular weight excluding hydrogens is 200 g/mol. The van der Waals surface area contributed by atoms with Crippen molar-refractivity contribution in [2.24, 2.45) is 0 Å². The standard InChI is InChI=1S/C10H14N2O.ClH/c1-11-6-4-10(13)7-9-3-2-5-12-8-9;/h2-3,5,8,11H,4,6-7H2,1H3;1H. The van der Waals surface area contributed by atoms with E-state index in [0.717, 1.165) is 12.1 Å². The maximum atomic E-state index is 11.3. The number of carbonyl (C=O) groups is 1. The second-order valence-corrected chi connectivity index (χ2v) is 2.93. The Morgan fingerprint density at radius 1 is 1.57 bits per heavy atom. The number of aromatic nitrogens is 1. The summed E-state index contributed by atoms with van der Waals surface area (Å²) in [4.78, 5) is 15.3. The van der Waals surface area contributed by atoms with Gasteiger partial charge in [-0.25, -0.2) is 0 Å². The first kappa shape index (κ1) is 13.1. The zero-order chi connectivity index (χ0) is 9.52. The molecule has 0 spiro atoms. The number of Topliss-reactive ketones (excluding diaryl/α,β-unsaturated/α-hetero) is 1. The quantitative estimate of drug-likeness (QED) is 0.802. The third-order valence-corrected chi connectivity index (χ3v) is 1.78. The van der Waals surface area contributed by atoms with Crippen molar-refractivity contribution in [3.8, 4) is 0 Å². The number of nitrogens with zero attached hydrogens (tertiary/aromatic N) is 1. The second kappa shape index (κ2) is 7.47. The van der Waals surface area contributed by atoms with Crippen LogP contribution in [-0.4, -0.2) is 24.4 Å². The first-order valence-corrected chi connectivity index (χ1v) is 4.38. The van der Waals surface area contributed by atoms with E-state index in [0.29, 0.717) is 12.8 Å². The molecule has 14 heavy (non-hydrogen) atoms. The summed E-state index contributed by atoms with van der Waals surface area (Å²) in [6.45, 7) is 0.749. The van der Waals surface area contributed by atoms with Crippen LogP contribution in [0, 0.1) is 0 Å². The number of hydrogen-bond donors (Lipinski definition) is 1. The molecule has 0 aromatic carbocycles. The molecule has 0 fully saturated rings. The minimum Gasteiger partial charge on any atom is -0.319 e. The van der Waals surface area contributed by atoms with Crippen LogP contribution >= 0.6 is 12.4 Å². The van der Waals surface area contributed by atoms with Gasteiger partial charge in [0.25, 0.3) is 0 Å². The molecule has 0 atom stereocenters. The Hall–Kier alpha value is -0.930. The van der Waals surface area contributed by atoms with Gasteiger partial charge in [-0.3, -0.25) is 9.78 Å². The Labute approximate surface area is 90.3 Å². The molecule has 0 radical (unpaired) electrons. The fourth-order valence-electron chi connectivity index (χ4n) is 1.08. The Morgan fingerprint density at radius 3 is 2.93 bits per heavy atom. The zero-order valence-corrected chi connectivity index (χ0v) is 9.01. The number of hydrogen-bond acceptors (Lipinski definition) is 3. The van der Waals surface area contributed by atoms with Crippen LogP contribution in [0.15, 0.2) is 24.5 Å². The van der Waals surface area contributed by atoms with Crippen molar-refractivity contribution in [3.05, 3.63) is 30.1 Å². The summed E-state index contributed by atoms with van der Waals surface area (Å²) in [7, 11) is 1.84. The molecule has 1 aromatic heterocycles. The van der Waals surface area contributed by atoms with Crippen molar-refractivity contribution in [2.75, 3.05) is 13.6 Å². The highest BCUT2D eigenvalue weighted by Crippen LogP contribution is 1.99. The largest absolute Gasteiger partial charge is 0.319 e. The lowest BCUT2D eigenvalue weighted by Crippen LogP contribution is -2.14. The van der Waals surface area contributed by atoms with Gasteiger partial charge in [0.05, 0.1) is 0 Å². The summed E-state index contributed by atoms with van der Waals surface area (Å²) < 4.78 is 0. The molecule has 1 heterocycles. The SMILES string of the molecule is CNCCC(=O)Cc1cccnc1.Cl. The van der Waals surface area contributed by atoms with Gasteiger partial charge in [-0.05, 0) is 18.7 Å². The summed E-state index contributed by atoms with van der Waals surface area (Å²) in [5.41, 5.74) is 0.989. The van der Waals surface area contributed by atoms with E-state index >= 15 is 0 Å². The lowest BCUT2D eigenvalue weighted by molar-refractivity contribution is -0.118. The fourth-order valence-corrected chi connectivity index (χ4v) is 1.08. The highest BCUT2D eigenvalue weighted by molar-refractivity contribution is 5.85. The smallest absolute Gasteiger partial charge is 0.138 e. The fraction of sp³-hybridized carbons (Fsp3) is 0.400. The first-order chi connectivity index (χ1) is 6.33. The molecule has 0 unspecified atom stereocenters. The third-order valence-electron chi connectivity index (χ3n) is 1.78. The van der Waals surface area contributed by atoms with E-state index in [9.17, 15) is 4.79 Å². The van der Waals surface area contributed by atoms with Crippen LogP contribution < -0.4 is 5.32 Å². The van der Waals surface area contributed by atoms with Crippen molar-refractivity contribution in [3.63, 3.8) is 0 Å². The zero-order valence-electron chi connectivity index (χ0n) is 8.19. The van der Waals surface area contributed by atoms with Gasteiger partial charge < -0.3 is 5.32 Å². The summed E-state index contributed by atoms with van der Waals surface area (Å²) in [6.07, 6.45) is 4.53. The molecule has 1 rings (SSSR count). The normalized spacial score (nSPS) is 9.21. The van der Waals surface area contributed by atoms with E-state index in [1.165, 1.54) is 0 Å². The highest BCUT2D eigenvalue weighted by Gasteiger charge is 2.01. The van der Waals surface area contributed by atoms with Crippen molar-refractivity contribution in [1.29, 1.82) is 0 Å². The topological polar surface area (TPSA) is 42.0 Å². The van der Waals surface area contributed by atoms with Crippen LogP contribution in [0.25, 0.3) is 0 Å². The van der Waals surface area contributed by atoms with Crippen molar-refractivity contribution in [1.82, 2.24) is 10.3 Å². The van der Waals surface area contributed by atoms with Crippen LogP contribution in [-0.2, 0) is 11.2 Å². The molecule has 1 aromatic rings. The minimum atomic E-state index is 0. The molecule has 0 aliphatic carbocycles. The number of nitrogens with one attached hydrogen (secondary N) is 1. The van der Waals surface area contributed by atoms with Gasteiger partial charge in [-0.15, -0.1) is 12.4 Å². The predicted octanol–water partition coefficient (Wildman–Crippen LogP) is 1.22. The Bertz CT molecular complexity index is 264. The van der Waals surface area contributed by atoms with Crippen molar-refractivity contribution >= 4 is 18.2 Å². The lowest BCUT2D eigenvalue weighted by Gasteiger charge is -1.99. The van der Waals surface area contributed by atoms with Gasteiger partial charge in [-0.1, -0.05) is 6.07 Å². The minimum absolute atomic E-state index is 0. The summed E-state index contributed by atoms with van der Waals surface area (Å²) >= 11 is 0. The summed E-state index contributed by atoms with van der Waals surface area (Å²) in [6, 6.07) is 3.77. The van der Waals surface area contributed by atoms with Gasteiger partial charge in [-0.2, -0.15) is 0 Å².